The van der Waals surface area contributed by atoms with E-state index >= 15 is 0 Å². The van der Waals surface area contributed by atoms with Crippen LogP contribution in [0, 0.1) is 12.8 Å². The zero-order chi connectivity index (χ0) is 21.5. The maximum absolute atomic E-state index is 13.5. The molecule has 0 aliphatic heterocycles. The second kappa shape index (κ2) is 10.1. The molecule has 4 heteroatoms. The van der Waals surface area contributed by atoms with Crippen molar-refractivity contribution >= 4 is 11.6 Å². The van der Waals surface area contributed by atoms with Crippen LogP contribution in [0.2, 0.25) is 0 Å². The quantitative estimate of drug-likeness (QED) is 0.510. The molecule has 0 radical (unpaired) electrons. The molecule has 3 rings (SSSR count). The first kappa shape index (κ1) is 21.6. The van der Waals surface area contributed by atoms with Gasteiger partial charge in [0.25, 0.3) is 0 Å². The molecule has 2 N–H and O–H groups in total. The van der Waals surface area contributed by atoms with Crippen molar-refractivity contribution in [3.8, 4) is 5.75 Å². The summed E-state index contributed by atoms with van der Waals surface area (Å²) in [5.74, 6) is 0.829. The van der Waals surface area contributed by atoms with Gasteiger partial charge in [-0.25, -0.2) is 0 Å². The van der Waals surface area contributed by atoms with E-state index in [-0.39, 0.29) is 11.9 Å². The first-order valence-corrected chi connectivity index (χ1v) is 10.3. The Labute approximate surface area is 179 Å². The maximum Gasteiger partial charge on any atom is 0.246 e. The van der Waals surface area contributed by atoms with E-state index in [2.05, 4.69) is 36.6 Å². The van der Waals surface area contributed by atoms with Crippen molar-refractivity contribution in [2.75, 3.05) is 12.4 Å². The van der Waals surface area contributed by atoms with Gasteiger partial charge in [-0.15, -0.1) is 0 Å². The first-order chi connectivity index (χ1) is 14.5. The zero-order valence-corrected chi connectivity index (χ0v) is 18.1. The molecule has 1 amide bonds. The van der Waals surface area contributed by atoms with Crippen LogP contribution in [0.3, 0.4) is 0 Å². The number of carbonyl (C=O) groups excluding carboxylic acids is 1. The number of anilines is 1. The van der Waals surface area contributed by atoms with Crippen molar-refractivity contribution in [1.82, 2.24) is 5.32 Å². The van der Waals surface area contributed by atoms with E-state index in [1.807, 2.05) is 73.7 Å². The molecule has 0 bridgehead atoms. The van der Waals surface area contributed by atoms with Crippen LogP contribution in [0.1, 0.15) is 42.6 Å². The predicted octanol–water partition coefficient (Wildman–Crippen LogP) is 5.67. The molecule has 0 aliphatic rings. The second-order valence-electron chi connectivity index (χ2n) is 7.84. The molecule has 2 atom stereocenters. The summed E-state index contributed by atoms with van der Waals surface area (Å²) < 4.78 is 5.44. The topological polar surface area (TPSA) is 50.4 Å². The van der Waals surface area contributed by atoms with E-state index in [0.717, 1.165) is 16.7 Å². The molecular weight excluding hydrogens is 372 g/mol. The number of amides is 1. The van der Waals surface area contributed by atoms with Gasteiger partial charge >= 0.3 is 0 Å². The van der Waals surface area contributed by atoms with Gasteiger partial charge in [-0.1, -0.05) is 80.6 Å². The molecule has 0 spiro atoms. The molecule has 0 fully saturated rings. The van der Waals surface area contributed by atoms with E-state index in [9.17, 15) is 4.79 Å². The third kappa shape index (κ3) is 5.28. The Morgan fingerprint density at radius 3 is 2.03 bits per heavy atom. The lowest BCUT2D eigenvalue weighted by molar-refractivity contribution is -0.118. The van der Waals surface area contributed by atoms with Crippen molar-refractivity contribution in [3.63, 3.8) is 0 Å². The fraction of sp³-hybridized carbons (Fsp3) is 0.269. The van der Waals surface area contributed by atoms with Crippen LogP contribution < -0.4 is 15.4 Å². The van der Waals surface area contributed by atoms with Gasteiger partial charge in [0.05, 0.1) is 12.8 Å². The molecule has 3 aromatic carbocycles. The van der Waals surface area contributed by atoms with E-state index in [1.165, 1.54) is 0 Å². The summed E-state index contributed by atoms with van der Waals surface area (Å²) in [5, 5.41) is 6.68. The summed E-state index contributed by atoms with van der Waals surface area (Å²) in [7, 11) is 1.61. The van der Waals surface area contributed by atoms with Crippen molar-refractivity contribution in [2.24, 2.45) is 5.92 Å². The van der Waals surface area contributed by atoms with Crippen molar-refractivity contribution in [2.45, 2.75) is 32.9 Å². The van der Waals surface area contributed by atoms with E-state index in [0.29, 0.717) is 17.4 Å². The highest BCUT2D eigenvalue weighted by atomic mass is 16.5. The van der Waals surface area contributed by atoms with Gasteiger partial charge in [0.2, 0.25) is 5.91 Å². The summed E-state index contributed by atoms with van der Waals surface area (Å²) in [6.45, 7) is 6.31. The maximum atomic E-state index is 13.5. The van der Waals surface area contributed by atoms with Crippen LogP contribution in [-0.4, -0.2) is 13.0 Å². The minimum absolute atomic E-state index is 0.0292. The summed E-state index contributed by atoms with van der Waals surface area (Å²) >= 11 is 0. The minimum atomic E-state index is -0.510. The molecule has 0 aromatic heterocycles. The normalized spacial score (nSPS) is 13.0. The number of carbonyl (C=O) groups is 1. The highest BCUT2D eigenvalue weighted by Crippen LogP contribution is 2.29. The van der Waals surface area contributed by atoms with Gasteiger partial charge in [0.1, 0.15) is 11.8 Å². The average Bonchev–Trinajstić information content (AvgIpc) is 2.75. The second-order valence-corrected chi connectivity index (χ2v) is 7.84. The monoisotopic (exact) mass is 402 g/mol. The number of aryl methyl sites for hydroxylation is 1. The summed E-state index contributed by atoms with van der Waals surface area (Å²) in [5.41, 5.74) is 3.81. The van der Waals surface area contributed by atoms with Crippen LogP contribution in [0.25, 0.3) is 0 Å². The molecule has 30 heavy (non-hydrogen) atoms. The Balaban J connectivity index is 1.93. The lowest BCUT2D eigenvalue weighted by atomic mass is 9.93. The summed E-state index contributed by atoms with van der Waals surface area (Å²) in [6.07, 6.45) is 0. The Bertz CT molecular complexity index is 955. The van der Waals surface area contributed by atoms with Gasteiger partial charge in [-0.3, -0.25) is 10.1 Å². The molecule has 0 heterocycles. The fourth-order valence-electron chi connectivity index (χ4n) is 3.61. The van der Waals surface area contributed by atoms with E-state index < -0.39 is 6.04 Å². The van der Waals surface area contributed by atoms with E-state index in [4.69, 9.17) is 4.74 Å². The third-order valence-electron chi connectivity index (χ3n) is 5.18. The zero-order valence-electron chi connectivity index (χ0n) is 18.1. The average molecular weight is 403 g/mol. The number of benzene rings is 3. The van der Waals surface area contributed by atoms with Crippen LogP contribution in [0.5, 0.6) is 5.75 Å². The van der Waals surface area contributed by atoms with Crippen molar-refractivity contribution in [1.29, 1.82) is 0 Å². The Hall–Kier alpha value is -3.11. The van der Waals surface area contributed by atoms with Gasteiger partial charge in [0, 0.05) is 6.04 Å². The molecule has 0 saturated carbocycles. The SMILES string of the molecule is COc1ccc(C)cc1NC(=O)[C@H](N[C@H](c1ccccc1)C(C)C)c1ccccc1. The Kier molecular flexibility index (Phi) is 7.26. The largest absolute Gasteiger partial charge is 0.495 e. The molecule has 4 nitrogen and oxygen atoms in total. The Morgan fingerprint density at radius 2 is 1.47 bits per heavy atom. The first-order valence-electron chi connectivity index (χ1n) is 10.3. The smallest absolute Gasteiger partial charge is 0.246 e. The van der Waals surface area contributed by atoms with Gasteiger partial charge in [-0.05, 0) is 41.7 Å². The molecular formula is C26H30N2O2. The molecule has 3 aromatic rings. The minimum Gasteiger partial charge on any atom is -0.495 e. The lowest BCUT2D eigenvalue weighted by Crippen LogP contribution is -2.37. The van der Waals surface area contributed by atoms with Crippen LogP contribution in [0.4, 0.5) is 5.69 Å². The standard InChI is InChI=1S/C26H30N2O2/c1-18(2)24(20-11-7-5-8-12-20)28-25(21-13-9-6-10-14-21)26(29)27-22-17-19(3)15-16-23(22)30-4/h5-18,24-25,28H,1-4H3,(H,27,29)/t24-,25+/m0/s1. The van der Waals surface area contributed by atoms with Crippen LogP contribution in [-0.2, 0) is 4.79 Å². The number of hydrogen-bond acceptors (Lipinski definition) is 3. The third-order valence-corrected chi connectivity index (χ3v) is 5.18. The number of methoxy groups -OCH3 is 1. The van der Waals surface area contributed by atoms with Crippen LogP contribution >= 0.6 is 0 Å². The van der Waals surface area contributed by atoms with E-state index in [1.54, 1.807) is 7.11 Å². The molecule has 0 saturated heterocycles. The van der Waals surface area contributed by atoms with Gasteiger partial charge < -0.3 is 10.1 Å². The van der Waals surface area contributed by atoms with Gasteiger partial charge in [0.15, 0.2) is 0 Å². The summed E-state index contributed by atoms with van der Waals surface area (Å²) in [6, 6.07) is 25.4. The Morgan fingerprint density at radius 1 is 0.867 bits per heavy atom. The van der Waals surface area contributed by atoms with Crippen molar-refractivity contribution in [3.05, 3.63) is 95.6 Å². The fourth-order valence-corrected chi connectivity index (χ4v) is 3.61. The number of ether oxygens (including phenoxy) is 1. The highest BCUT2D eigenvalue weighted by molar-refractivity contribution is 5.96. The molecule has 0 unspecified atom stereocenters. The number of nitrogens with one attached hydrogen (secondary N) is 2. The lowest BCUT2D eigenvalue weighted by Gasteiger charge is -2.29. The highest BCUT2D eigenvalue weighted by Gasteiger charge is 2.27. The predicted molar refractivity (Wildman–Crippen MR) is 123 cm³/mol. The van der Waals surface area contributed by atoms with Crippen molar-refractivity contribution < 1.29 is 9.53 Å². The number of hydrogen-bond donors (Lipinski definition) is 2. The van der Waals surface area contributed by atoms with Gasteiger partial charge in [-0.2, -0.15) is 0 Å². The molecule has 156 valence electrons. The molecule has 0 aliphatic carbocycles. The number of rotatable bonds is 8. The van der Waals surface area contributed by atoms with Crippen LogP contribution in [0.15, 0.2) is 78.9 Å². The summed E-state index contributed by atoms with van der Waals surface area (Å²) in [4.78, 5) is 13.5.